The summed E-state index contributed by atoms with van der Waals surface area (Å²) in [4.78, 5) is 40.7. The number of ether oxygens (including phenoxy) is 1. The third-order valence-electron chi connectivity index (χ3n) is 8.93. The van der Waals surface area contributed by atoms with E-state index < -0.39 is 52.1 Å². The molecule has 4 aromatic rings. The number of aromatic nitrogens is 2. The highest BCUT2D eigenvalue weighted by molar-refractivity contribution is 14.0. The van der Waals surface area contributed by atoms with E-state index in [4.69, 9.17) is 25.5 Å². The van der Waals surface area contributed by atoms with Crippen LogP contribution in [0.2, 0.25) is 0 Å². The molecule has 0 spiro atoms. The molecule has 2 aromatic carbocycles. The van der Waals surface area contributed by atoms with Crippen molar-refractivity contribution in [1.82, 2.24) is 19.8 Å². The number of carbonyl (C=O) groups excluding carboxylic acids is 1. The number of pyridine rings is 2. The van der Waals surface area contributed by atoms with Crippen molar-refractivity contribution in [3.05, 3.63) is 106 Å². The quantitative estimate of drug-likeness (QED) is 0.0756. The molecule has 0 saturated carbocycles. The van der Waals surface area contributed by atoms with Crippen molar-refractivity contribution in [2.24, 2.45) is 0 Å². The van der Waals surface area contributed by atoms with Gasteiger partial charge in [0.1, 0.15) is 69.7 Å². The minimum Gasteiger partial charge on any atom is -0.508 e. The fourth-order valence-corrected chi connectivity index (χ4v) is 5.98. The number of carboxylic acid groups (broad SMARTS) is 1. The monoisotopic (exact) mass is 934 g/mol. The van der Waals surface area contributed by atoms with Gasteiger partial charge in [-0.3, -0.25) is 9.80 Å². The molecular weight excluding hydrogens is 887 g/mol. The van der Waals surface area contributed by atoms with Crippen molar-refractivity contribution in [1.29, 1.82) is 10.5 Å². The molecule has 2 N–H and O–H groups in total. The SMILES string of the molecule is C.CCCN1CCN(c2ccc(C(=O)O)cn2)CC1.CCCN1CCN(c2ccc(C(=O)Oc3cc(F)c(C#N)c(F)c3)cn2)CC1.I.N#Cc1c(F)cc(O)cc1F. The molecule has 2 saturated heterocycles. The Bertz CT molecular complexity index is 2020. The number of benzene rings is 2. The van der Waals surface area contributed by atoms with Crippen LogP contribution in [0, 0.1) is 45.9 Å². The van der Waals surface area contributed by atoms with Gasteiger partial charge in [0.2, 0.25) is 0 Å². The van der Waals surface area contributed by atoms with Gasteiger partial charge in [-0.25, -0.2) is 37.1 Å². The lowest BCUT2D eigenvalue weighted by Gasteiger charge is -2.35. The molecule has 0 bridgehead atoms. The number of piperazine rings is 2. The van der Waals surface area contributed by atoms with Crippen molar-refractivity contribution in [3.63, 3.8) is 0 Å². The van der Waals surface area contributed by atoms with Crippen molar-refractivity contribution in [2.45, 2.75) is 34.1 Å². The lowest BCUT2D eigenvalue weighted by Crippen LogP contribution is -2.46. The van der Waals surface area contributed by atoms with Crippen LogP contribution in [0.5, 0.6) is 11.5 Å². The van der Waals surface area contributed by atoms with Gasteiger partial charge in [-0.15, -0.1) is 24.0 Å². The van der Waals surface area contributed by atoms with Crippen molar-refractivity contribution in [3.8, 4) is 23.6 Å². The summed E-state index contributed by atoms with van der Waals surface area (Å²) in [5, 5.41) is 34.3. The molecule has 2 fully saturated rings. The fraction of sp³-hybridized carbons (Fsp3) is 0.366. The second-order valence-corrected chi connectivity index (χ2v) is 12.9. The van der Waals surface area contributed by atoms with Gasteiger partial charge >= 0.3 is 11.9 Å². The molecule has 316 valence electrons. The van der Waals surface area contributed by atoms with Crippen LogP contribution in [0.4, 0.5) is 29.2 Å². The van der Waals surface area contributed by atoms with Crippen LogP contribution in [-0.2, 0) is 0 Å². The summed E-state index contributed by atoms with van der Waals surface area (Å²) in [5.74, 6) is -5.18. The van der Waals surface area contributed by atoms with E-state index >= 15 is 0 Å². The Morgan fingerprint density at radius 2 is 1.08 bits per heavy atom. The van der Waals surface area contributed by atoms with E-state index in [9.17, 15) is 27.2 Å². The first kappa shape index (κ1) is 49.6. The summed E-state index contributed by atoms with van der Waals surface area (Å²) < 4.78 is 57.2. The fourth-order valence-electron chi connectivity index (χ4n) is 5.98. The van der Waals surface area contributed by atoms with Gasteiger partial charge in [-0.1, -0.05) is 21.3 Å². The predicted octanol–water partition coefficient (Wildman–Crippen LogP) is 7.09. The molecule has 59 heavy (non-hydrogen) atoms. The number of anilines is 2. The summed E-state index contributed by atoms with van der Waals surface area (Å²) in [5.41, 5.74) is -0.991. The number of halogens is 5. The zero-order valence-corrected chi connectivity index (χ0v) is 34.2. The molecule has 2 aliphatic rings. The number of hydrogen-bond donors (Lipinski definition) is 2. The van der Waals surface area contributed by atoms with Crippen molar-refractivity contribution >= 4 is 47.6 Å². The Morgan fingerprint density at radius 1 is 0.695 bits per heavy atom. The molecule has 0 aliphatic carbocycles. The van der Waals surface area contributed by atoms with Gasteiger partial charge in [0.15, 0.2) is 0 Å². The second-order valence-electron chi connectivity index (χ2n) is 12.9. The Morgan fingerprint density at radius 3 is 1.42 bits per heavy atom. The first-order valence-electron chi connectivity index (χ1n) is 18.2. The average molecular weight is 935 g/mol. The Balaban J connectivity index is 0.000000332. The Labute approximate surface area is 358 Å². The zero-order chi connectivity index (χ0) is 41.5. The number of nitriles is 2. The number of rotatable bonds is 9. The number of nitrogens with zero attached hydrogens (tertiary/aromatic N) is 8. The van der Waals surface area contributed by atoms with Crippen LogP contribution in [0.3, 0.4) is 0 Å². The lowest BCUT2D eigenvalue weighted by atomic mass is 10.2. The third kappa shape index (κ3) is 14.3. The van der Waals surface area contributed by atoms with E-state index in [2.05, 4.69) is 43.4 Å². The molecule has 13 nitrogen and oxygen atoms in total. The van der Waals surface area contributed by atoms with E-state index in [0.717, 1.165) is 95.6 Å². The van der Waals surface area contributed by atoms with E-state index in [-0.39, 0.29) is 48.3 Å². The molecule has 0 unspecified atom stereocenters. The van der Waals surface area contributed by atoms with E-state index in [1.165, 1.54) is 31.0 Å². The minimum atomic E-state index is -1.08. The summed E-state index contributed by atoms with van der Waals surface area (Å²) in [7, 11) is 0. The highest BCUT2D eigenvalue weighted by atomic mass is 127. The summed E-state index contributed by atoms with van der Waals surface area (Å²) in [6.07, 6.45) is 5.12. The summed E-state index contributed by atoms with van der Waals surface area (Å²) in [6, 6.07) is 12.4. The van der Waals surface area contributed by atoms with Gasteiger partial charge < -0.3 is 24.7 Å². The maximum absolute atomic E-state index is 13.6. The third-order valence-corrected chi connectivity index (χ3v) is 8.93. The van der Waals surface area contributed by atoms with Gasteiger partial charge in [-0.05, 0) is 50.2 Å². The van der Waals surface area contributed by atoms with Gasteiger partial charge in [0.05, 0.1) is 11.1 Å². The molecule has 6 rings (SSSR count). The van der Waals surface area contributed by atoms with E-state index in [1.807, 2.05) is 0 Å². The highest BCUT2D eigenvalue weighted by Gasteiger charge is 2.20. The van der Waals surface area contributed by atoms with Crippen LogP contribution in [-0.4, -0.2) is 107 Å². The largest absolute Gasteiger partial charge is 0.508 e. The zero-order valence-electron chi connectivity index (χ0n) is 31.9. The second kappa shape index (κ2) is 24.4. The molecule has 0 atom stereocenters. The smallest absolute Gasteiger partial charge is 0.345 e. The van der Waals surface area contributed by atoms with Gasteiger partial charge in [0, 0.05) is 89.0 Å². The maximum atomic E-state index is 13.6. The van der Waals surface area contributed by atoms with Crippen LogP contribution >= 0.6 is 24.0 Å². The standard InChI is InChI=1S/C20H20F2N4O2.C13H19N3O2.C7H3F2NO.CH4.HI/c1-2-5-25-6-8-26(9-7-25)19-4-3-14(13-24-19)20(27)28-15-10-17(21)16(12-23)18(22)11-15;1-2-5-15-6-8-16(9-7-15)12-4-3-11(10-14-12)13(17)18;8-6-1-4(11)2-7(9)5(6)3-10;;/h3-4,10-11,13H,2,5-9H2,1H3;3-4,10H,2,5-9H2,1H3,(H,17,18);1-2,11H;1H4;1H. The highest BCUT2D eigenvalue weighted by Crippen LogP contribution is 2.22. The Kier molecular flexibility index (Phi) is 20.5. The summed E-state index contributed by atoms with van der Waals surface area (Å²) >= 11 is 0. The van der Waals surface area contributed by atoms with Gasteiger partial charge in [-0.2, -0.15) is 10.5 Å². The Hall–Kier alpha value is -5.57. The number of carbonyl (C=O) groups is 2. The molecule has 0 radical (unpaired) electrons. The van der Waals surface area contributed by atoms with Crippen molar-refractivity contribution < 1.29 is 42.1 Å². The van der Waals surface area contributed by atoms with E-state index in [1.54, 1.807) is 24.3 Å². The number of phenolic OH excluding ortho intramolecular Hbond substituents is 1. The number of aromatic hydroxyl groups is 1. The van der Waals surface area contributed by atoms with Crippen molar-refractivity contribution in [2.75, 3.05) is 75.2 Å². The van der Waals surface area contributed by atoms with Gasteiger partial charge in [0.25, 0.3) is 0 Å². The molecule has 18 heteroatoms. The topological polar surface area (TPSA) is 170 Å². The van der Waals surface area contributed by atoms with Crippen LogP contribution < -0.4 is 14.5 Å². The van der Waals surface area contributed by atoms with Crippen LogP contribution in [0.15, 0.2) is 60.9 Å². The van der Waals surface area contributed by atoms with Crippen LogP contribution in [0.1, 0.15) is 66.0 Å². The number of esters is 1. The first-order chi connectivity index (χ1) is 27.4. The molecule has 0 amide bonds. The molecule has 2 aliphatic heterocycles. The number of phenols is 1. The molecular formula is C41H47F4IN8O5. The maximum Gasteiger partial charge on any atom is 0.345 e. The predicted molar refractivity (Wildman–Crippen MR) is 224 cm³/mol. The minimum absolute atomic E-state index is 0. The normalized spacial score (nSPS) is 13.8. The van der Waals surface area contributed by atoms with Crippen LogP contribution in [0.25, 0.3) is 0 Å². The number of carboxylic acids is 1. The number of hydrogen-bond acceptors (Lipinski definition) is 12. The van der Waals surface area contributed by atoms with E-state index in [0.29, 0.717) is 12.1 Å². The summed E-state index contributed by atoms with van der Waals surface area (Å²) in [6.45, 7) is 14.3. The number of aromatic carboxylic acids is 1. The molecule has 4 heterocycles. The first-order valence-corrected chi connectivity index (χ1v) is 18.2. The lowest BCUT2D eigenvalue weighted by molar-refractivity contribution is 0.0693. The average Bonchev–Trinajstić information content (AvgIpc) is 3.19. The molecule has 2 aromatic heterocycles.